The van der Waals surface area contributed by atoms with Crippen molar-refractivity contribution < 1.29 is 101 Å². The normalized spacial score (nSPS) is 0. The quantitative estimate of drug-likeness (QED) is 0.385. The van der Waals surface area contributed by atoms with E-state index in [4.69, 9.17) is 0 Å². The molecule has 12 N–H and O–H groups in total. The van der Waals surface area contributed by atoms with E-state index in [1.54, 1.807) is 0 Å². The van der Waals surface area contributed by atoms with E-state index in [2.05, 4.69) is 0 Å². The van der Waals surface area contributed by atoms with Crippen LogP contribution in [0.25, 0.3) is 0 Å². The van der Waals surface area contributed by atoms with Gasteiger partial charge in [0, 0.05) is 68.3 Å². The molecule has 80 valence electrons. The number of hydrogen-bond donors (Lipinski definition) is 0. The Bertz CT molecular complexity index is 9.71. The Kier molecular flexibility index (Phi) is 12800. The average Bonchev–Trinajstić information content (AvgIpc) is 0. The molecular formula is H12Fe4O6. The molecule has 0 aliphatic heterocycles. The summed E-state index contributed by atoms with van der Waals surface area (Å²) in [5, 5.41) is 0. The molecule has 10 heteroatoms. The van der Waals surface area contributed by atoms with Gasteiger partial charge in [-0.05, 0) is 0 Å². The molecule has 0 heterocycles. The maximum atomic E-state index is 0. The van der Waals surface area contributed by atoms with Gasteiger partial charge in [-0.25, -0.2) is 0 Å². The first-order valence-electron chi connectivity index (χ1n) is 0. The summed E-state index contributed by atoms with van der Waals surface area (Å²) in [4.78, 5) is 0. The van der Waals surface area contributed by atoms with Gasteiger partial charge in [-0.15, -0.1) is 0 Å². The van der Waals surface area contributed by atoms with E-state index in [0.29, 0.717) is 0 Å². The predicted octanol–water partition coefficient (Wildman–Crippen LogP) is -4.96. The van der Waals surface area contributed by atoms with Crippen LogP contribution in [0.2, 0.25) is 0 Å². The van der Waals surface area contributed by atoms with E-state index in [9.17, 15) is 0 Å². The summed E-state index contributed by atoms with van der Waals surface area (Å²) < 4.78 is 0. The Labute approximate surface area is 101 Å². The topological polar surface area (TPSA) is 189 Å². The molecular weight excluding hydrogens is 319 g/mol. The number of rotatable bonds is 0. The van der Waals surface area contributed by atoms with Crippen LogP contribution in [0.15, 0.2) is 0 Å². The molecule has 0 saturated carbocycles. The summed E-state index contributed by atoms with van der Waals surface area (Å²) >= 11 is 0. The molecule has 0 rings (SSSR count). The van der Waals surface area contributed by atoms with Gasteiger partial charge in [0.25, 0.3) is 0 Å². The van der Waals surface area contributed by atoms with Crippen molar-refractivity contribution in [3.63, 3.8) is 0 Å². The summed E-state index contributed by atoms with van der Waals surface area (Å²) in [5.74, 6) is 0. The molecule has 0 amide bonds. The molecule has 0 radical (unpaired) electrons. The van der Waals surface area contributed by atoms with Gasteiger partial charge < -0.3 is 32.9 Å². The fourth-order valence-corrected chi connectivity index (χ4v) is 0. The van der Waals surface area contributed by atoms with Gasteiger partial charge in [-0.2, -0.15) is 0 Å². The molecule has 0 aromatic carbocycles. The van der Waals surface area contributed by atoms with Gasteiger partial charge in [0.1, 0.15) is 0 Å². The second-order valence-electron chi connectivity index (χ2n) is 0. The van der Waals surface area contributed by atoms with Crippen molar-refractivity contribution in [3.05, 3.63) is 0 Å². The minimum absolute atomic E-state index is 0. The molecule has 6 nitrogen and oxygen atoms in total. The van der Waals surface area contributed by atoms with E-state index in [1.807, 2.05) is 0 Å². The van der Waals surface area contributed by atoms with E-state index in [0.717, 1.165) is 0 Å². The van der Waals surface area contributed by atoms with Crippen LogP contribution in [0.3, 0.4) is 0 Å². The van der Waals surface area contributed by atoms with Crippen LogP contribution >= 0.6 is 0 Å². The smallest absolute Gasteiger partial charge is 0 e. The van der Waals surface area contributed by atoms with E-state index in [1.165, 1.54) is 0 Å². The van der Waals surface area contributed by atoms with Crippen LogP contribution in [0.5, 0.6) is 0 Å². The fourth-order valence-electron chi connectivity index (χ4n) is 0. The van der Waals surface area contributed by atoms with Gasteiger partial charge in [-0.1, -0.05) is 0 Å². The van der Waals surface area contributed by atoms with Crippen molar-refractivity contribution in [2.24, 2.45) is 0 Å². The van der Waals surface area contributed by atoms with E-state index >= 15 is 0 Å². The zero-order chi connectivity index (χ0) is 0. The van der Waals surface area contributed by atoms with Crippen molar-refractivity contribution >= 4 is 0 Å². The van der Waals surface area contributed by atoms with Crippen molar-refractivity contribution in [1.82, 2.24) is 0 Å². The Morgan fingerprint density at radius 1 is 0.200 bits per heavy atom. The van der Waals surface area contributed by atoms with E-state index in [-0.39, 0.29) is 101 Å². The molecule has 0 saturated heterocycles. The van der Waals surface area contributed by atoms with Crippen LogP contribution in [0.4, 0.5) is 0 Å². The second-order valence-corrected chi connectivity index (χ2v) is 0. The van der Waals surface area contributed by atoms with Crippen molar-refractivity contribution in [3.8, 4) is 0 Å². The molecule has 0 unspecified atom stereocenters. The summed E-state index contributed by atoms with van der Waals surface area (Å²) in [5.41, 5.74) is 0. The average molecular weight is 331 g/mol. The zero-order valence-electron chi connectivity index (χ0n) is 4.41. The zero-order valence-corrected chi connectivity index (χ0v) is 8.83. The van der Waals surface area contributed by atoms with Crippen molar-refractivity contribution in [2.45, 2.75) is 0 Å². The summed E-state index contributed by atoms with van der Waals surface area (Å²) in [6.45, 7) is 0. The molecule has 10 heavy (non-hydrogen) atoms. The molecule has 0 aliphatic rings. The fraction of sp³-hybridized carbons (Fsp3) is 0. The molecule has 0 spiro atoms. The Balaban J connectivity index is 0. The van der Waals surface area contributed by atoms with Gasteiger partial charge in [0.2, 0.25) is 0 Å². The van der Waals surface area contributed by atoms with Crippen LogP contribution in [-0.4, -0.2) is 32.9 Å². The minimum Gasteiger partial charge on any atom is -0.412 e. The molecule has 0 aliphatic carbocycles. The first kappa shape index (κ1) is 412. The predicted molar refractivity (Wildman–Crippen MR) is 21.7 cm³/mol. The van der Waals surface area contributed by atoms with Gasteiger partial charge in [0.05, 0.1) is 0 Å². The molecule has 0 bridgehead atoms. The summed E-state index contributed by atoms with van der Waals surface area (Å²) in [7, 11) is 0. The van der Waals surface area contributed by atoms with Gasteiger partial charge >= 0.3 is 0 Å². The van der Waals surface area contributed by atoms with Gasteiger partial charge in [0.15, 0.2) is 0 Å². The first-order chi connectivity index (χ1) is 0. The third kappa shape index (κ3) is 227. The monoisotopic (exact) mass is 332 g/mol. The maximum Gasteiger partial charge on any atom is 0 e. The van der Waals surface area contributed by atoms with Gasteiger partial charge in [-0.3, -0.25) is 0 Å². The Morgan fingerprint density at radius 2 is 0.200 bits per heavy atom. The number of hydrogen-bond acceptors (Lipinski definition) is 0. The van der Waals surface area contributed by atoms with Crippen LogP contribution in [0, 0.1) is 0 Å². The molecule has 0 aromatic rings. The second kappa shape index (κ2) is 311. The molecule has 0 aromatic heterocycles. The van der Waals surface area contributed by atoms with E-state index < -0.39 is 0 Å². The standard InChI is InChI=1S/4Fe.6H2O/h;;;;6*1H2. The largest absolute Gasteiger partial charge is 0.412 e. The van der Waals surface area contributed by atoms with Crippen molar-refractivity contribution in [2.75, 3.05) is 0 Å². The Morgan fingerprint density at radius 3 is 0.200 bits per heavy atom. The summed E-state index contributed by atoms with van der Waals surface area (Å²) in [6.07, 6.45) is 0. The molecule has 0 atom stereocenters. The third-order valence-electron chi connectivity index (χ3n) is 0. The minimum atomic E-state index is 0. The summed E-state index contributed by atoms with van der Waals surface area (Å²) in [6, 6.07) is 0. The SMILES string of the molecule is O.O.O.O.O.O.[Fe].[Fe].[Fe].[Fe]. The van der Waals surface area contributed by atoms with Crippen LogP contribution in [0.1, 0.15) is 0 Å². The van der Waals surface area contributed by atoms with Crippen LogP contribution < -0.4 is 0 Å². The first-order valence-corrected chi connectivity index (χ1v) is 0. The van der Waals surface area contributed by atoms with Crippen LogP contribution in [-0.2, 0) is 68.3 Å². The molecule has 0 fully saturated rings. The Hall–Kier alpha value is 1.84. The third-order valence-corrected chi connectivity index (χ3v) is 0. The van der Waals surface area contributed by atoms with Crippen molar-refractivity contribution in [1.29, 1.82) is 0 Å². The maximum absolute atomic E-state index is 0.